The Labute approximate surface area is 151 Å². The van der Waals surface area contributed by atoms with Gasteiger partial charge in [0.25, 0.3) is 5.56 Å². The van der Waals surface area contributed by atoms with E-state index >= 15 is 0 Å². The van der Waals surface area contributed by atoms with Crippen molar-refractivity contribution in [3.05, 3.63) is 76.3 Å². The van der Waals surface area contributed by atoms with E-state index in [0.29, 0.717) is 29.2 Å². The number of carbonyl (C=O) groups is 1. The van der Waals surface area contributed by atoms with Crippen LogP contribution in [0.15, 0.2) is 59.5 Å². The molecule has 6 nitrogen and oxygen atoms in total. The zero-order chi connectivity index (χ0) is 18.5. The Morgan fingerprint density at radius 3 is 2.50 bits per heavy atom. The minimum Gasteiger partial charge on any atom is -0.315 e. The van der Waals surface area contributed by atoms with Gasteiger partial charge in [-0.3, -0.25) is 14.6 Å². The van der Waals surface area contributed by atoms with Crippen molar-refractivity contribution < 1.29 is 4.79 Å². The molecule has 0 saturated heterocycles. The van der Waals surface area contributed by atoms with Crippen molar-refractivity contribution in [2.75, 3.05) is 11.9 Å². The molecule has 1 aromatic carbocycles. The summed E-state index contributed by atoms with van der Waals surface area (Å²) in [6.07, 6.45) is 2.23. The van der Waals surface area contributed by atoms with E-state index in [9.17, 15) is 9.59 Å². The fourth-order valence-corrected chi connectivity index (χ4v) is 2.72. The van der Waals surface area contributed by atoms with Crippen molar-refractivity contribution in [3.8, 4) is 11.5 Å². The zero-order valence-electron chi connectivity index (χ0n) is 14.8. The topological polar surface area (TPSA) is 79.0 Å². The molecule has 1 N–H and O–H groups in total. The maximum absolute atomic E-state index is 12.4. The van der Waals surface area contributed by atoms with Gasteiger partial charge >= 0.3 is 0 Å². The molecule has 132 valence electrons. The lowest BCUT2D eigenvalue weighted by Crippen LogP contribution is -2.27. The van der Waals surface area contributed by atoms with Crippen LogP contribution < -0.4 is 10.5 Å². The third kappa shape index (κ3) is 3.85. The van der Waals surface area contributed by atoms with E-state index < -0.39 is 0 Å². The van der Waals surface area contributed by atoms with Crippen LogP contribution in [0.3, 0.4) is 0 Å². The van der Waals surface area contributed by atoms with Gasteiger partial charge in [-0.2, -0.15) is 0 Å². The number of pyridine rings is 1. The normalized spacial score (nSPS) is 10.5. The number of nitrogens with one attached hydrogen (secondary N) is 1. The predicted molar refractivity (Wildman–Crippen MR) is 101 cm³/mol. The third-order valence-electron chi connectivity index (χ3n) is 4.24. The summed E-state index contributed by atoms with van der Waals surface area (Å²) in [5, 5.41) is 0. The van der Waals surface area contributed by atoms with Gasteiger partial charge in [0.2, 0.25) is 5.91 Å². The Kier molecular flexibility index (Phi) is 5.22. The fourth-order valence-electron chi connectivity index (χ4n) is 2.72. The Morgan fingerprint density at radius 2 is 1.85 bits per heavy atom. The summed E-state index contributed by atoms with van der Waals surface area (Å²) < 4.78 is 0. The Morgan fingerprint density at radius 1 is 1.12 bits per heavy atom. The molecule has 3 rings (SSSR count). The minimum atomic E-state index is -0.228. The average Bonchev–Trinajstić information content (AvgIpc) is 2.67. The highest BCUT2D eigenvalue weighted by atomic mass is 16.2. The highest BCUT2D eigenvalue weighted by Gasteiger charge is 2.15. The first-order chi connectivity index (χ1) is 12.6. The van der Waals surface area contributed by atoms with Crippen LogP contribution in [0.2, 0.25) is 0 Å². The quantitative estimate of drug-likeness (QED) is 0.769. The second-order valence-corrected chi connectivity index (χ2v) is 5.98. The second kappa shape index (κ2) is 7.74. The Bertz CT molecular complexity index is 953. The first kappa shape index (κ1) is 17.5. The summed E-state index contributed by atoms with van der Waals surface area (Å²) in [6.45, 7) is 1.78. The van der Waals surface area contributed by atoms with Gasteiger partial charge in [0.15, 0.2) is 5.82 Å². The number of para-hydroxylation sites is 1. The van der Waals surface area contributed by atoms with E-state index in [0.717, 1.165) is 5.69 Å². The number of carbonyl (C=O) groups excluding carboxylic acids is 1. The molecule has 6 heteroatoms. The number of hydrogen-bond donors (Lipinski definition) is 1. The summed E-state index contributed by atoms with van der Waals surface area (Å²) >= 11 is 0. The summed E-state index contributed by atoms with van der Waals surface area (Å²) in [4.78, 5) is 37.9. The lowest BCUT2D eigenvalue weighted by Gasteiger charge is -2.17. The Hall–Kier alpha value is -3.28. The van der Waals surface area contributed by atoms with E-state index in [-0.39, 0.29) is 17.9 Å². The van der Waals surface area contributed by atoms with Crippen LogP contribution in [-0.4, -0.2) is 27.9 Å². The van der Waals surface area contributed by atoms with Crippen molar-refractivity contribution in [1.82, 2.24) is 15.0 Å². The van der Waals surface area contributed by atoms with Gasteiger partial charge in [-0.15, -0.1) is 0 Å². The molecule has 0 radical (unpaired) electrons. The van der Waals surface area contributed by atoms with E-state index in [2.05, 4.69) is 15.0 Å². The highest BCUT2D eigenvalue weighted by molar-refractivity contribution is 5.92. The highest BCUT2D eigenvalue weighted by Crippen LogP contribution is 2.15. The van der Waals surface area contributed by atoms with Gasteiger partial charge in [0, 0.05) is 36.6 Å². The largest absolute Gasteiger partial charge is 0.315 e. The molecular weight excluding hydrogens is 328 g/mol. The van der Waals surface area contributed by atoms with E-state index in [4.69, 9.17) is 0 Å². The number of aryl methyl sites for hydroxylation is 1. The molecule has 0 atom stereocenters. The van der Waals surface area contributed by atoms with Crippen LogP contribution in [0.5, 0.6) is 0 Å². The van der Waals surface area contributed by atoms with E-state index in [1.54, 1.807) is 37.2 Å². The molecule has 0 unspecified atom stereocenters. The first-order valence-corrected chi connectivity index (χ1v) is 8.39. The minimum absolute atomic E-state index is 0.0520. The summed E-state index contributed by atoms with van der Waals surface area (Å²) in [7, 11) is 1.73. The molecule has 0 spiro atoms. The number of hydrogen-bond acceptors (Lipinski definition) is 4. The fraction of sp³-hybridized carbons (Fsp3) is 0.200. The van der Waals surface area contributed by atoms with E-state index in [1.165, 1.54) is 0 Å². The van der Waals surface area contributed by atoms with Crippen LogP contribution in [0, 0.1) is 6.92 Å². The van der Waals surface area contributed by atoms with Crippen molar-refractivity contribution in [1.29, 1.82) is 0 Å². The lowest BCUT2D eigenvalue weighted by atomic mass is 10.1. The van der Waals surface area contributed by atoms with Gasteiger partial charge in [-0.25, -0.2) is 4.98 Å². The monoisotopic (exact) mass is 348 g/mol. The van der Waals surface area contributed by atoms with Gasteiger partial charge in [0.05, 0.1) is 0 Å². The lowest BCUT2D eigenvalue weighted by molar-refractivity contribution is -0.118. The molecular formula is C20H20N4O2. The van der Waals surface area contributed by atoms with Crippen LogP contribution >= 0.6 is 0 Å². The average molecular weight is 348 g/mol. The maximum Gasteiger partial charge on any atom is 0.254 e. The summed E-state index contributed by atoms with van der Waals surface area (Å²) in [5.41, 5.74) is 2.35. The standard InChI is InChI=1S/C20H20N4O2/c1-14-16(11-12-18(25)24(2)15-8-4-3-5-9-15)20(26)23-19(22-14)17-10-6-7-13-21-17/h3-10,13H,11-12H2,1-2H3,(H,22,23,26). The molecule has 0 saturated carbocycles. The number of aromatic amines is 1. The second-order valence-electron chi connectivity index (χ2n) is 5.98. The maximum atomic E-state index is 12.4. The van der Waals surface area contributed by atoms with E-state index in [1.807, 2.05) is 36.4 Å². The number of amides is 1. The van der Waals surface area contributed by atoms with Crippen LogP contribution in [0.4, 0.5) is 5.69 Å². The Balaban J connectivity index is 1.74. The van der Waals surface area contributed by atoms with Gasteiger partial charge in [-0.05, 0) is 37.6 Å². The van der Waals surface area contributed by atoms with Gasteiger partial charge < -0.3 is 9.88 Å². The number of rotatable bonds is 5. The van der Waals surface area contributed by atoms with Gasteiger partial charge in [-0.1, -0.05) is 24.3 Å². The molecule has 1 amide bonds. The van der Waals surface area contributed by atoms with Crippen molar-refractivity contribution in [2.45, 2.75) is 19.8 Å². The molecule has 0 fully saturated rings. The molecule has 0 aliphatic carbocycles. The van der Waals surface area contributed by atoms with Crippen molar-refractivity contribution >= 4 is 11.6 Å². The number of H-pyrrole nitrogens is 1. The van der Waals surface area contributed by atoms with Crippen LogP contribution in [0.1, 0.15) is 17.7 Å². The number of nitrogens with zero attached hydrogens (tertiary/aromatic N) is 3. The summed E-state index contributed by atoms with van der Waals surface area (Å²) in [6, 6.07) is 14.8. The predicted octanol–water partition coefficient (Wildman–Crippen LogP) is 2.74. The number of anilines is 1. The zero-order valence-corrected chi connectivity index (χ0v) is 14.8. The molecule has 2 heterocycles. The summed E-state index contributed by atoms with van der Waals surface area (Å²) in [5.74, 6) is 0.383. The smallest absolute Gasteiger partial charge is 0.254 e. The van der Waals surface area contributed by atoms with Crippen LogP contribution in [-0.2, 0) is 11.2 Å². The SMILES string of the molecule is Cc1nc(-c2ccccn2)[nH]c(=O)c1CCC(=O)N(C)c1ccccc1. The van der Waals surface area contributed by atoms with Crippen LogP contribution in [0.25, 0.3) is 11.5 Å². The molecule has 0 aliphatic heterocycles. The third-order valence-corrected chi connectivity index (χ3v) is 4.24. The van der Waals surface area contributed by atoms with Crippen molar-refractivity contribution in [2.24, 2.45) is 0 Å². The molecule has 0 aliphatic rings. The molecule has 26 heavy (non-hydrogen) atoms. The molecule has 0 bridgehead atoms. The molecule has 2 aromatic heterocycles. The number of aromatic nitrogens is 3. The van der Waals surface area contributed by atoms with Gasteiger partial charge in [0.1, 0.15) is 5.69 Å². The van der Waals surface area contributed by atoms with Crippen molar-refractivity contribution in [3.63, 3.8) is 0 Å². The molecule has 3 aromatic rings. The number of benzene rings is 1. The first-order valence-electron chi connectivity index (χ1n) is 8.39.